The number of benzene rings is 2. The number of nitrogens with zero attached hydrogens (tertiary/aromatic N) is 2. The summed E-state index contributed by atoms with van der Waals surface area (Å²) in [6, 6.07) is 15.1. The first-order valence-electron chi connectivity index (χ1n) is 11.0. The number of carbonyl (C=O) groups excluding carboxylic acids is 1. The maximum atomic E-state index is 13.3. The van der Waals surface area contributed by atoms with Crippen LogP contribution in [0.5, 0.6) is 0 Å². The molecule has 2 aromatic rings. The summed E-state index contributed by atoms with van der Waals surface area (Å²) >= 11 is 0. The summed E-state index contributed by atoms with van der Waals surface area (Å²) in [5.74, 6) is 0.375. The highest BCUT2D eigenvalue weighted by Gasteiger charge is 2.27. The molecule has 0 unspecified atom stereocenters. The monoisotopic (exact) mass is 411 g/mol. The van der Waals surface area contributed by atoms with Gasteiger partial charge in [0.25, 0.3) is 0 Å². The second-order valence-corrected chi connectivity index (χ2v) is 8.86. The Hall–Kier alpha value is -2.40. The van der Waals surface area contributed by atoms with Crippen molar-refractivity contribution in [3.63, 3.8) is 0 Å². The Morgan fingerprint density at radius 1 is 1.03 bits per heavy atom. The van der Waals surface area contributed by atoms with Gasteiger partial charge in [-0.1, -0.05) is 50.2 Å². The predicted molar refractivity (Wildman–Crippen MR) is 120 cm³/mol. The lowest BCUT2D eigenvalue weighted by molar-refractivity contribution is 0.127. The molecule has 1 aliphatic heterocycles. The van der Waals surface area contributed by atoms with Gasteiger partial charge in [-0.05, 0) is 74.1 Å². The van der Waals surface area contributed by atoms with E-state index in [0.29, 0.717) is 19.0 Å². The van der Waals surface area contributed by atoms with Gasteiger partial charge in [0.05, 0.1) is 0 Å². The minimum absolute atomic E-state index is 0.0554. The molecule has 162 valence electrons. The van der Waals surface area contributed by atoms with Gasteiger partial charge in [0.15, 0.2) is 0 Å². The predicted octanol–water partition coefficient (Wildman–Crippen LogP) is 4.83. The van der Waals surface area contributed by atoms with Gasteiger partial charge in [0.2, 0.25) is 0 Å². The normalized spacial score (nSPS) is 15.4. The molecule has 0 aliphatic carbocycles. The van der Waals surface area contributed by atoms with Crippen LogP contribution in [0, 0.1) is 11.7 Å². The highest BCUT2D eigenvalue weighted by Crippen LogP contribution is 2.19. The lowest BCUT2D eigenvalue weighted by Crippen LogP contribution is -2.49. The average Bonchev–Trinajstić information content (AvgIpc) is 2.73. The number of nitrogens with one attached hydrogen (secondary N) is 1. The van der Waals surface area contributed by atoms with E-state index in [1.54, 1.807) is 12.1 Å². The van der Waals surface area contributed by atoms with Gasteiger partial charge < -0.3 is 15.1 Å². The van der Waals surface area contributed by atoms with Gasteiger partial charge in [0, 0.05) is 19.1 Å². The molecule has 4 nitrogen and oxygen atoms in total. The van der Waals surface area contributed by atoms with Crippen molar-refractivity contribution < 1.29 is 9.18 Å². The third-order valence-corrected chi connectivity index (χ3v) is 5.77. The Balaban J connectivity index is 1.64. The summed E-state index contributed by atoms with van der Waals surface area (Å²) in [6.07, 6.45) is 2.97. The molecule has 2 amide bonds. The molecule has 1 fully saturated rings. The zero-order valence-corrected chi connectivity index (χ0v) is 18.4. The molecule has 0 spiro atoms. The van der Waals surface area contributed by atoms with Gasteiger partial charge in [-0.25, -0.2) is 9.18 Å². The maximum Gasteiger partial charge on any atom is 0.318 e. The average molecular weight is 412 g/mol. The molecule has 3 rings (SSSR count). The Kier molecular flexibility index (Phi) is 7.86. The minimum atomic E-state index is -0.255. The largest absolute Gasteiger partial charge is 0.334 e. The van der Waals surface area contributed by atoms with Crippen molar-refractivity contribution in [2.45, 2.75) is 52.2 Å². The van der Waals surface area contributed by atoms with Crippen molar-refractivity contribution in [3.05, 3.63) is 71.0 Å². The molecule has 30 heavy (non-hydrogen) atoms. The van der Waals surface area contributed by atoms with Crippen molar-refractivity contribution >= 4 is 6.03 Å². The van der Waals surface area contributed by atoms with E-state index in [0.717, 1.165) is 43.5 Å². The van der Waals surface area contributed by atoms with Gasteiger partial charge in [-0.2, -0.15) is 0 Å². The number of likely N-dealkylation sites (tertiary alicyclic amines) is 1. The van der Waals surface area contributed by atoms with Crippen molar-refractivity contribution in [2.75, 3.05) is 20.1 Å². The van der Waals surface area contributed by atoms with E-state index in [1.165, 1.54) is 17.7 Å². The van der Waals surface area contributed by atoms with Crippen molar-refractivity contribution in [1.82, 2.24) is 15.1 Å². The fraction of sp³-hybridized carbons (Fsp3) is 0.480. The molecule has 1 saturated heterocycles. The van der Waals surface area contributed by atoms with Crippen LogP contribution in [0.1, 0.15) is 43.4 Å². The van der Waals surface area contributed by atoms with Crippen LogP contribution in [0.3, 0.4) is 0 Å². The number of halogens is 1. The molecule has 0 atom stereocenters. The Morgan fingerprint density at radius 2 is 1.60 bits per heavy atom. The summed E-state index contributed by atoms with van der Waals surface area (Å²) in [5, 5.41) is 3.10. The number of hydrogen-bond acceptors (Lipinski definition) is 2. The summed E-state index contributed by atoms with van der Waals surface area (Å²) in [7, 11) is 2.11. The quantitative estimate of drug-likeness (QED) is 0.708. The maximum absolute atomic E-state index is 13.3. The number of carbonyl (C=O) groups is 1. The molecule has 1 aliphatic rings. The van der Waals surface area contributed by atoms with Gasteiger partial charge in [0.1, 0.15) is 5.82 Å². The van der Waals surface area contributed by atoms with Crippen LogP contribution >= 0.6 is 0 Å². The van der Waals surface area contributed by atoms with Crippen LogP contribution in [0.2, 0.25) is 0 Å². The molecule has 0 saturated carbocycles. The second-order valence-electron chi connectivity index (χ2n) is 8.86. The zero-order valence-electron chi connectivity index (χ0n) is 18.4. The lowest BCUT2D eigenvalue weighted by atomic mass is 10.0. The summed E-state index contributed by atoms with van der Waals surface area (Å²) in [6.45, 7) is 7.39. The Bertz CT molecular complexity index is 796. The van der Waals surface area contributed by atoms with Crippen molar-refractivity contribution in [1.29, 1.82) is 0 Å². The van der Waals surface area contributed by atoms with Crippen molar-refractivity contribution in [3.8, 4) is 0 Å². The molecular weight excluding hydrogens is 377 g/mol. The van der Waals surface area contributed by atoms with Crippen LogP contribution in [-0.2, 0) is 19.5 Å². The van der Waals surface area contributed by atoms with E-state index in [9.17, 15) is 9.18 Å². The summed E-state index contributed by atoms with van der Waals surface area (Å²) in [5.41, 5.74) is 3.37. The topological polar surface area (TPSA) is 35.6 Å². The molecule has 0 aromatic heterocycles. The molecule has 1 N–H and O–H groups in total. The highest BCUT2D eigenvalue weighted by atomic mass is 19.1. The van der Waals surface area contributed by atoms with Crippen LogP contribution in [-0.4, -0.2) is 42.0 Å². The molecule has 2 aromatic carbocycles. The minimum Gasteiger partial charge on any atom is -0.334 e. The van der Waals surface area contributed by atoms with E-state index >= 15 is 0 Å². The number of amides is 2. The Morgan fingerprint density at radius 3 is 2.20 bits per heavy atom. The fourth-order valence-electron chi connectivity index (χ4n) is 4.00. The second kappa shape index (κ2) is 10.6. The highest BCUT2D eigenvalue weighted by molar-refractivity contribution is 5.74. The SMILES string of the molecule is CC(C)Cc1ccc(CNC(=O)N(Cc2ccc(F)cc2)C2CCN(C)CC2)cc1. The zero-order chi connectivity index (χ0) is 21.5. The first-order chi connectivity index (χ1) is 14.4. The van der Waals surface area contributed by atoms with E-state index < -0.39 is 0 Å². The summed E-state index contributed by atoms with van der Waals surface area (Å²) < 4.78 is 13.3. The van der Waals surface area contributed by atoms with E-state index in [1.807, 2.05) is 4.90 Å². The third-order valence-electron chi connectivity index (χ3n) is 5.77. The van der Waals surface area contributed by atoms with Gasteiger partial charge >= 0.3 is 6.03 Å². The lowest BCUT2D eigenvalue weighted by Gasteiger charge is -2.37. The molecular formula is C25H34FN3O. The van der Waals surface area contributed by atoms with E-state index in [2.05, 4.69) is 55.4 Å². The van der Waals surface area contributed by atoms with Crippen LogP contribution in [0.15, 0.2) is 48.5 Å². The summed E-state index contributed by atoms with van der Waals surface area (Å²) in [4.78, 5) is 17.3. The molecule has 1 heterocycles. The standard InChI is InChI=1S/C25H34FN3O/c1-19(2)16-20-4-6-21(7-5-20)17-27-25(30)29(24-12-14-28(3)15-13-24)18-22-8-10-23(26)11-9-22/h4-11,19,24H,12-18H2,1-3H3,(H,27,30). The van der Waals surface area contributed by atoms with Crippen LogP contribution in [0.4, 0.5) is 9.18 Å². The van der Waals surface area contributed by atoms with Gasteiger partial charge in [-0.15, -0.1) is 0 Å². The molecule has 0 radical (unpaired) electrons. The number of piperidine rings is 1. The Labute approximate surface area is 180 Å². The van der Waals surface area contributed by atoms with E-state index in [4.69, 9.17) is 0 Å². The smallest absolute Gasteiger partial charge is 0.318 e. The number of rotatable bonds is 7. The molecule has 0 bridgehead atoms. The third kappa shape index (κ3) is 6.56. The number of hydrogen-bond donors (Lipinski definition) is 1. The first-order valence-corrected chi connectivity index (χ1v) is 11.0. The first kappa shape index (κ1) is 22.3. The van der Waals surface area contributed by atoms with Crippen LogP contribution < -0.4 is 5.32 Å². The van der Waals surface area contributed by atoms with E-state index in [-0.39, 0.29) is 17.9 Å². The number of urea groups is 1. The molecule has 5 heteroatoms. The van der Waals surface area contributed by atoms with Crippen molar-refractivity contribution in [2.24, 2.45) is 5.92 Å². The fourth-order valence-corrected chi connectivity index (χ4v) is 4.00. The van der Waals surface area contributed by atoms with Crippen LogP contribution in [0.25, 0.3) is 0 Å². The van der Waals surface area contributed by atoms with Gasteiger partial charge in [-0.3, -0.25) is 0 Å².